The lowest BCUT2D eigenvalue weighted by Crippen LogP contribution is -2.34. The van der Waals surface area contributed by atoms with Crippen molar-refractivity contribution in [3.8, 4) is 0 Å². The Bertz CT molecular complexity index is 2980. The second kappa shape index (κ2) is 23.0. The summed E-state index contributed by atoms with van der Waals surface area (Å²) in [6, 6.07) is 54.8. The molecular formula is C66H62O8. The fraction of sp³-hybridized carbons (Fsp3) is 0.212. The molecule has 8 heteroatoms. The van der Waals surface area contributed by atoms with E-state index < -0.39 is 29.3 Å². The first kappa shape index (κ1) is 52.0. The lowest BCUT2D eigenvalue weighted by molar-refractivity contribution is 0.0462. The van der Waals surface area contributed by atoms with E-state index in [1.165, 1.54) is 0 Å². The van der Waals surface area contributed by atoms with Gasteiger partial charge in [-0.15, -0.1) is 0 Å². The van der Waals surface area contributed by atoms with E-state index in [0.29, 0.717) is 28.7 Å². The molecule has 0 unspecified atom stereocenters. The average molecular weight is 983 g/mol. The maximum atomic E-state index is 14.1. The minimum atomic E-state index is -1.06. The number of hydrogen-bond acceptors (Lipinski definition) is 8. The van der Waals surface area contributed by atoms with Gasteiger partial charge in [0, 0.05) is 5.41 Å². The number of carbonyl (C=O) groups excluding carboxylic acids is 4. The van der Waals surface area contributed by atoms with Gasteiger partial charge in [-0.1, -0.05) is 170 Å². The first-order valence-electron chi connectivity index (χ1n) is 24.9. The van der Waals surface area contributed by atoms with Crippen LogP contribution in [0.4, 0.5) is 0 Å². The first-order chi connectivity index (χ1) is 35.6. The summed E-state index contributed by atoms with van der Waals surface area (Å²) in [6.07, 6.45) is 0.359. The van der Waals surface area contributed by atoms with Crippen molar-refractivity contribution in [2.24, 2.45) is 0 Å². The van der Waals surface area contributed by atoms with Crippen molar-refractivity contribution < 1.29 is 38.1 Å². The Kier molecular flexibility index (Phi) is 16.2. The largest absolute Gasteiger partial charge is 0.457 e. The molecule has 0 heterocycles. The van der Waals surface area contributed by atoms with Gasteiger partial charge in [-0.25, -0.2) is 19.2 Å². The standard InChI is InChI=1S/C66H62O8/c1-42-29-54(30-43(2)58(42)62(67)71-38-50-21-13-9-14-22-50)37-66(55-31-44(3)59(45(4)32-55)63(68)72-39-51-23-15-10-16-24-51,56-33-46(5)60(47(6)34-56)64(69)73-40-52-25-17-11-18-26-52)57-35-48(7)61(49(8)36-57)65(70)74-41-53-27-19-12-20-28-53/h9-36H,37-41H2,1-8H3. The van der Waals surface area contributed by atoms with E-state index in [1.54, 1.807) is 0 Å². The maximum Gasteiger partial charge on any atom is 0.339 e. The molecule has 0 radical (unpaired) electrons. The molecule has 0 aromatic heterocycles. The SMILES string of the molecule is Cc1cc(CC(c2cc(C)c(C(=O)OCc3ccccc3)c(C)c2)(c2cc(C)c(C(=O)OCc3ccccc3)c(C)c2)c2cc(C)c(C(=O)OCc3ccccc3)c(C)c2)cc(C)c1C(=O)OCc1ccccc1. The van der Waals surface area contributed by atoms with Gasteiger partial charge < -0.3 is 18.9 Å². The van der Waals surface area contributed by atoms with E-state index in [1.807, 2.05) is 189 Å². The van der Waals surface area contributed by atoms with E-state index in [0.717, 1.165) is 89.0 Å². The number of carbonyl (C=O) groups is 4. The average Bonchev–Trinajstić information content (AvgIpc) is 3.39. The minimum absolute atomic E-state index is 0.121. The van der Waals surface area contributed by atoms with Crippen LogP contribution >= 0.6 is 0 Å². The molecule has 8 aromatic carbocycles. The third-order valence-electron chi connectivity index (χ3n) is 13.8. The fourth-order valence-electron chi connectivity index (χ4n) is 10.4. The highest BCUT2D eigenvalue weighted by atomic mass is 16.5. The molecule has 0 fully saturated rings. The van der Waals surface area contributed by atoms with E-state index in [-0.39, 0.29) is 26.4 Å². The van der Waals surface area contributed by atoms with Gasteiger partial charge in [-0.05, 0) is 151 Å². The maximum absolute atomic E-state index is 14.1. The van der Waals surface area contributed by atoms with Crippen LogP contribution in [-0.2, 0) is 57.2 Å². The van der Waals surface area contributed by atoms with E-state index in [4.69, 9.17) is 18.9 Å². The van der Waals surface area contributed by atoms with Crippen molar-refractivity contribution in [3.05, 3.63) is 281 Å². The van der Waals surface area contributed by atoms with Gasteiger partial charge in [0.1, 0.15) is 26.4 Å². The van der Waals surface area contributed by atoms with Crippen LogP contribution in [0, 0.1) is 55.4 Å². The van der Waals surface area contributed by atoms with Crippen LogP contribution in [0.1, 0.15) is 130 Å². The molecule has 0 bridgehead atoms. The highest BCUT2D eigenvalue weighted by molar-refractivity contribution is 5.95. The quantitative estimate of drug-likeness (QED) is 0.0505. The van der Waals surface area contributed by atoms with Crippen LogP contribution in [0.5, 0.6) is 0 Å². The number of ether oxygens (including phenoxy) is 4. The number of esters is 4. The van der Waals surface area contributed by atoms with Gasteiger partial charge in [0.2, 0.25) is 0 Å². The third-order valence-corrected chi connectivity index (χ3v) is 13.8. The van der Waals surface area contributed by atoms with Crippen molar-refractivity contribution in [2.75, 3.05) is 0 Å². The zero-order valence-corrected chi connectivity index (χ0v) is 43.5. The zero-order chi connectivity index (χ0) is 52.5. The smallest absolute Gasteiger partial charge is 0.339 e. The van der Waals surface area contributed by atoms with Gasteiger partial charge in [0.25, 0.3) is 0 Å². The molecule has 0 aliphatic heterocycles. The fourth-order valence-corrected chi connectivity index (χ4v) is 10.4. The second-order valence-corrected chi connectivity index (χ2v) is 19.4. The van der Waals surface area contributed by atoms with Crippen molar-refractivity contribution in [2.45, 2.75) is 93.7 Å². The molecule has 0 aliphatic carbocycles. The molecule has 0 N–H and O–H groups in total. The number of hydrogen-bond donors (Lipinski definition) is 0. The lowest BCUT2D eigenvalue weighted by atomic mass is 9.64. The predicted molar refractivity (Wildman–Crippen MR) is 289 cm³/mol. The van der Waals surface area contributed by atoms with Crippen molar-refractivity contribution in [1.82, 2.24) is 0 Å². The van der Waals surface area contributed by atoms with Gasteiger partial charge in [-0.2, -0.15) is 0 Å². The van der Waals surface area contributed by atoms with Crippen molar-refractivity contribution >= 4 is 23.9 Å². The lowest BCUT2D eigenvalue weighted by Gasteiger charge is -2.39. The van der Waals surface area contributed by atoms with Crippen molar-refractivity contribution in [1.29, 1.82) is 0 Å². The summed E-state index contributed by atoms with van der Waals surface area (Å²) in [7, 11) is 0. The number of benzene rings is 8. The Hall–Kier alpha value is -8.36. The van der Waals surface area contributed by atoms with Crippen LogP contribution in [-0.4, -0.2) is 23.9 Å². The summed E-state index contributed by atoms with van der Waals surface area (Å²) in [4.78, 5) is 56.0. The summed E-state index contributed by atoms with van der Waals surface area (Å²) in [5, 5.41) is 0. The summed E-state index contributed by atoms with van der Waals surface area (Å²) in [5.41, 5.74) is 13.7. The summed E-state index contributed by atoms with van der Waals surface area (Å²) >= 11 is 0. The van der Waals surface area contributed by atoms with Crippen LogP contribution in [0.25, 0.3) is 0 Å². The monoisotopic (exact) mass is 982 g/mol. The highest BCUT2D eigenvalue weighted by Crippen LogP contribution is 2.46. The molecule has 0 amide bonds. The molecule has 8 rings (SSSR count). The second-order valence-electron chi connectivity index (χ2n) is 19.4. The summed E-state index contributed by atoms with van der Waals surface area (Å²) in [5.74, 6) is -1.71. The number of rotatable bonds is 17. The van der Waals surface area contributed by atoms with Crippen LogP contribution in [0.2, 0.25) is 0 Å². The van der Waals surface area contributed by atoms with E-state index in [9.17, 15) is 19.2 Å². The van der Waals surface area contributed by atoms with Gasteiger partial charge >= 0.3 is 23.9 Å². The van der Waals surface area contributed by atoms with Gasteiger partial charge in [-0.3, -0.25) is 0 Å². The normalized spacial score (nSPS) is 11.2. The number of aryl methyl sites for hydroxylation is 8. The molecule has 0 saturated heterocycles. The third kappa shape index (κ3) is 11.6. The molecule has 8 nitrogen and oxygen atoms in total. The first-order valence-corrected chi connectivity index (χ1v) is 24.9. The molecule has 8 aromatic rings. The van der Waals surface area contributed by atoms with Crippen LogP contribution in [0.3, 0.4) is 0 Å². The highest BCUT2D eigenvalue weighted by Gasteiger charge is 2.40. The van der Waals surface area contributed by atoms with E-state index >= 15 is 0 Å². The van der Waals surface area contributed by atoms with Gasteiger partial charge in [0.05, 0.1) is 22.3 Å². The minimum Gasteiger partial charge on any atom is -0.457 e. The van der Waals surface area contributed by atoms with Crippen molar-refractivity contribution in [3.63, 3.8) is 0 Å². The molecule has 0 aliphatic rings. The Labute approximate surface area is 435 Å². The van der Waals surface area contributed by atoms with Crippen LogP contribution in [0.15, 0.2) is 170 Å². The topological polar surface area (TPSA) is 105 Å². The van der Waals surface area contributed by atoms with Crippen LogP contribution < -0.4 is 0 Å². The molecule has 374 valence electrons. The Morgan fingerprint density at radius 3 is 0.716 bits per heavy atom. The van der Waals surface area contributed by atoms with Gasteiger partial charge in [0.15, 0.2) is 0 Å². The molecule has 0 saturated carbocycles. The molecule has 74 heavy (non-hydrogen) atoms. The Morgan fingerprint density at radius 1 is 0.297 bits per heavy atom. The molecule has 0 atom stereocenters. The predicted octanol–water partition coefficient (Wildman–Crippen LogP) is 14.2. The molecule has 0 spiro atoms. The summed E-state index contributed by atoms with van der Waals surface area (Å²) < 4.78 is 23.7. The Balaban J connectivity index is 1.30. The van der Waals surface area contributed by atoms with E-state index in [2.05, 4.69) is 36.4 Å². The zero-order valence-electron chi connectivity index (χ0n) is 43.5. The summed E-state index contributed by atoms with van der Waals surface area (Å²) in [6.45, 7) is 15.9. The molecular weight excluding hydrogens is 921 g/mol. The Morgan fingerprint density at radius 2 is 0.500 bits per heavy atom.